The Hall–Kier alpha value is -2.10. The number of aldehydes is 1. The molecule has 0 aliphatic heterocycles. The Morgan fingerprint density at radius 3 is 2.67 bits per heavy atom. The third kappa shape index (κ3) is 2.14. The van der Waals surface area contributed by atoms with Crippen molar-refractivity contribution in [2.24, 2.45) is 0 Å². The first-order valence-corrected chi connectivity index (χ1v) is 5.85. The lowest BCUT2D eigenvalue weighted by Gasteiger charge is -2.07. The van der Waals surface area contributed by atoms with Gasteiger partial charge in [0.15, 0.2) is 6.29 Å². The van der Waals surface area contributed by atoms with Crippen LogP contribution >= 0.6 is 0 Å². The highest BCUT2D eigenvalue weighted by Gasteiger charge is 2.15. The van der Waals surface area contributed by atoms with Crippen molar-refractivity contribution >= 4 is 6.29 Å². The van der Waals surface area contributed by atoms with E-state index in [9.17, 15) is 4.79 Å². The Morgan fingerprint density at radius 2 is 2.06 bits per heavy atom. The summed E-state index contributed by atoms with van der Waals surface area (Å²) in [6.07, 6.45) is 2.59. The number of hydrogen-bond donors (Lipinski definition) is 0. The molecule has 1 aromatic heterocycles. The summed E-state index contributed by atoms with van der Waals surface area (Å²) in [5.41, 5.74) is 2.07. The number of aromatic nitrogens is 2. The first-order valence-electron chi connectivity index (χ1n) is 5.85. The topological polar surface area (TPSA) is 44.1 Å². The van der Waals surface area contributed by atoms with Crippen LogP contribution in [0.1, 0.15) is 30.2 Å². The fraction of sp³-hybridized carbons (Fsp3) is 0.286. The average Bonchev–Trinajstić information content (AvgIpc) is 2.82. The van der Waals surface area contributed by atoms with Gasteiger partial charge in [0.25, 0.3) is 0 Å². The number of carbonyl (C=O) groups is 1. The molecule has 0 saturated heterocycles. The fourth-order valence-electron chi connectivity index (χ4n) is 1.81. The Balaban J connectivity index is 2.59. The van der Waals surface area contributed by atoms with Crippen LogP contribution < -0.4 is 4.74 Å². The van der Waals surface area contributed by atoms with Gasteiger partial charge in [-0.15, -0.1) is 0 Å². The van der Waals surface area contributed by atoms with Crippen LogP contribution in [0, 0.1) is 0 Å². The van der Waals surface area contributed by atoms with E-state index in [4.69, 9.17) is 4.74 Å². The monoisotopic (exact) mass is 244 g/mol. The van der Waals surface area contributed by atoms with E-state index in [1.807, 2.05) is 38.1 Å². The summed E-state index contributed by atoms with van der Waals surface area (Å²) in [5, 5.41) is 4.46. The zero-order chi connectivity index (χ0) is 13.1. The quantitative estimate of drug-likeness (QED) is 0.777. The van der Waals surface area contributed by atoms with Gasteiger partial charge < -0.3 is 4.74 Å². The normalized spacial score (nSPS) is 10.7. The third-order valence-electron chi connectivity index (χ3n) is 2.78. The van der Waals surface area contributed by atoms with Crippen LogP contribution in [-0.4, -0.2) is 23.2 Å². The van der Waals surface area contributed by atoms with Crippen LogP contribution in [0.25, 0.3) is 11.3 Å². The van der Waals surface area contributed by atoms with Crippen LogP contribution in [0.4, 0.5) is 0 Å². The zero-order valence-corrected chi connectivity index (χ0v) is 10.8. The molecule has 2 rings (SSSR count). The van der Waals surface area contributed by atoms with E-state index in [0.29, 0.717) is 11.3 Å². The first-order chi connectivity index (χ1) is 8.67. The number of methoxy groups -OCH3 is 1. The number of nitrogens with zero attached hydrogens (tertiary/aromatic N) is 2. The Kier molecular flexibility index (Phi) is 3.46. The van der Waals surface area contributed by atoms with Crippen molar-refractivity contribution in [3.8, 4) is 17.0 Å². The lowest BCUT2D eigenvalue weighted by atomic mass is 10.1. The van der Waals surface area contributed by atoms with Crippen molar-refractivity contribution in [3.63, 3.8) is 0 Å². The smallest absolute Gasteiger partial charge is 0.153 e. The summed E-state index contributed by atoms with van der Waals surface area (Å²) in [6.45, 7) is 4.04. The molecule has 0 unspecified atom stereocenters. The molecular formula is C14H16N2O2. The maximum Gasteiger partial charge on any atom is 0.153 e. The Bertz CT molecular complexity index is 559. The molecule has 1 heterocycles. The van der Waals surface area contributed by atoms with Gasteiger partial charge in [-0.25, -0.2) is 0 Å². The highest BCUT2D eigenvalue weighted by Crippen LogP contribution is 2.30. The van der Waals surface area contributed by atoms with E-state index in [1.54, 1.807) is 18.0 Å². The molecule has 18 heavy (non-hydrogen) atoms. The van der Waals surface area contributed by atoms with Crippen molar-refractivity contribution in [2.45, 2.75) is 19.9 Å². The second-order valence-electron chi connectivity index (χ2n) is 4.32. The van der Waals surface area contributed by atoms with Crippen LogP contribution in [-0.2, 0) is 0 Å². The van der Waals surface area contributed by atoms with Crippen LogP contribution in [0.15, 0.2) is 30.5 Å². The van der Waals surface area contributed by atoms with Gasteiger partial charge in [-0.05, 0) is 26.0 Å². The van der Waals surface area contributed by atoms with E-state index in [0.717, 1.165) is 17.6 Å². The highest BCUT2D eigenvalue weighted by atomic mass is 16.5. The molecule has 0 amide bonds. The maximum absolute atomic E-state index is 11.1. The first kappa shape index (κ1) is 12.4. The molecule has 4 nitrogen and oxygen atoms in total. The van der Waals surface area contributed by atoms with E-state index in [2.05, 4.69) is 5.10 Å². The van der Waals surface area contributed by atoms with E-state index >= 15 is 0 Å². The molecule has 0 atom stereocenters. The summed E-state index contributed by atoms with van der Waals surface area (Å²) < 4.78 is 7.09. The van der Waals surface area contributed by atoms with Gasteiger partial charge >= 0.3 is 0 Å². The molecule has 0 spiro atoms. The number of hydrogen-bond acceptors (Lipinski definition) is 3. The molecule has 2 aromatic rings. The largest absolute Gasteiger partial charge is 0.496 e. The molecule has 0 saturated carbocycles. The lowest BCUT2D eigenvalue weighted by Crippen LogP contribution is -2.00. The summed E-state index contributed by atoms with van der Waals surface area (Å²) >= 11 is 0. The fourth-order valence-corrected chi connectivity index (χ4v) is 1.81. The standard InChI is InChI=1S/C14H16N2O2/c1-10(2)16-8-11(9-17)14(15-16)12-6-4-5-7-13(12)18-3/h4-10H,1-3H3. The minimum absolute atomic E-state index is 0.215. The van der Waals surface area contributed by atoms with Crippen molar-refractivity contribution in [2.75, 3.05) is 7.11 Å². The van der Waals surface area contributed by atoms with Crippen molar-refractivity contribution in [3.05, 3.63) is 36.0 Å². The number of benzene rings is 1. The summed E-state index contributed by atoms with van der Waals surface area (Å²) in [5.74, 6) is 0.717. The number of ether oxygens (including phenoxy) is 1. The highest BCUT2D eigenvalue weighted by molar-refractivity contribution is 5.87. The van der Waals surface area contributed by atoms with Crippen LogP contribution in [0.2, 0.25) is 0 Å². The van der Waals surface area contributed by atoms with Gasteiger partial charge in [-0.3, -0.25) is 9.48 Å². The molecular weight excluding hydrogens is 228 g/mol. The number of rotatable bonds is 4. The minimum Gasteiger partial charge on any atom is -0.496 e. The van der Waals surface area contributed by atoms with E-state index in [1.165, 1.54) is 0 Å². The Morgan fingerprint density at radius 1 is 1.33 bits per heavy atom. The van der Waals surface area contributed by atoms with Gasteiger partial charge in [0.2, 0.25) is 0 Å². The molecule has 0 aliphatic rings. The van der Waals surface area contributed by atoms with E-state index in [-0.39, 0.29) is 6.04 Å². The Labute approximate surface area is 106 Å². The van der Waals surface area contributed by atoms with Crippen molar-refractivity contribution in [1.29, 1.82) is 0 Å². The molecule has 0 bridgehead atoms. The van der Waals surface area contributed by atoms with E-state index < -0.39 is 0 Å². The second kappa shape index (κ2) is 5.04. The van der Waals surface area contributed by atoms with Crippen LogP contribution in [0.5, 0.6) is 5.75 Å². The lowest BCUT2D eigenvalue weighted by molar-refractivity contribution is 0.112. The predicted molar refractivity (Wildman–Crippen MR) is 70.0 cm³/mol. The summed E-state index contributed by atoms with van der Waals surface area (Å²) in [6, 6.07) is 7.77. The minimum atomic E-state index is 0.215. The predicted octanol–water partition coefficient (Wildman–Crippen LogP) is 2.95. The molecule has 0 radical (unpaired) electrons. The number of para-hydroxylation sites is 1. The van der Waals surface area contributed by atoms with Gasteiger partial charge in [-0.2, -0.15) is 5.10 Å². The average molecular weight is 244 g/mol. The third-order valence-corrected chi connectivity index (χ3v) is 2.78. The molecule has 0 fully saturated rings. The molecule has 4 heteroatoms. The summed E-state index contributed by atoms with van der Waals surface area (Å²) in [7, 11) is 1.61. The SMILES string of the molecule is COc1ccccc1-c1nn(C(C)C)cc1C=O. The van der Waals surface area contributed by atoms with Gasteiger partial charge in [0, 0.05) is 17.8 Å². The molecule has 0 N–H and O–H groups in total. The zero-order valence-electron chi connectivity index (χ0n) is 10.8. The second-order valence-corrected chi connectivity index (χ2v) is 4.32. The molecule has 0 aliphatic carbocycles. The summed E-state index contributed by atoms with van der Waals surface area (Å²) in [4.78, 5) is 11.1. The molecule has 94 valence electrons. The van der Waals surface area contributed by atoms with Crippen LogP contribution in [0.3, 0.4) is 0 Å². The van der Waals surface area contributed by atoms with Crippen molar-refractivity contribution < 1.29 is 9.53 Å². The van der Waals surface area contributed by atoms with Gasteiger partial charge in [-0.1, -0.05) is 12.1 Å². The maximum atomic E-state index is 11.1. The van der Waals surface area contributed by atoms with Gasteiger partial charge in [0.05, 0.1) is 12.7 Å². The number of carbonyl (C=O) groups excluding carboxylic acids is 1. The van der Waals surface area contributed by atoms with Crippen molar-refractivity contribution in [1.82, 2.24) is 9.78 Å². The molecule has 1 aromatic carbocycles. The van der Waals surface area contributed by atoms with Gasteiger partial charge in [0.1, 0.15) is 11.4 Å².